The van der Waals surface area contributed by atoms with E-state index in [1.807, 2.05) is 0 Å². The summed E-state index contributed by atoms with van der Waals surface area (Å²) in [6.45, 7) is 3.33. The molecule has 1 rings (SSSR count). The van der Waals surface area contributed by atoms with Crippen molar-refractivity contribution in [3.8, 4) is 6.07 Å². The fraction of sp³-hybridized carbons (Fsp3) is 0.125. The van der Waals surface area contributed by atoms with Crippen LogP contribution in [-0.4, -0.2) is 10.6 Å². The van der Waals surface area contributed by atoms with E-state index >= 15 is 0 Å². The highest BCUT2D eigenvalue weighted by atomic mass is 19.1. The number of nitro groups is 1. The number of nitro benzene ring substituents is 1. The van der Waals surface area contributed by atoms with E-state index in [2.05, 4.69) is 5.16 Å². The molecular formula is C16H14FN3O3. The molecule has 0 bridgehead atoms. The fourth-order valence-electron chi connectivity index (χ4n) is 1.44. The Morgan fingerprint density at radius 3 is 2.61 bits per heavy atom. The Balaban J connectivity index is 2.85. The van der Waals surface area contributed by atoms with Crippen molar-refractivity contribution in [3.63, 3.8) is 0 Å². The van der Waals surface area contributed by atoms with Gasteiger partial charge in [-0.05, 0) is 37.6 Å². The van der Waals surface area contributed by atoms with Crippen LogP contribution in [0, 0.1) is 21.4 Å². The number of nitriles is 1. The van der Waals surface area contributed by atoms with Gasteiger partial charge in [0.25, 0.3) is 5.69 Å². The van der Waals surface area contributed by atoms with Gasteiger partial charge in [0.15, 0.2) is 0 Å². The molecule has 1 aromatic carbocycles. The number of rotatable bonds is 6. The van der Waals surface area contributed by atoms with E-state index in [4.69, 9.17) is 10.1 Å². The molecule has 0 fully saturated rings. The molecule has 0 N–H and O–H groups in total. The SMILES string of the molecule is C\C=C/C=C(F)\C(C#N)=C\O/N=C(/C)c1ccc([N+](=O)[O-])cc1. The molecule has 1 aromatic rings. The van der Waals surface area contributed by atoms with Gasteiger partial charge in [0.1, 0.15) is 23.7 Å². The van der Waals surface area contributed by atoms with Gasteiger partial charge in [-0.2, -0.15) is 5.26 Å². The Bertz CT molecular complexity index is 726. The summed E-state index contributed by atoms with van der Waals surface area (Å²) in [4.78, 5) is 14.9. The third-order valence-electron chi connectivity index (χ3n) is 2.67. The van der Waals surface area contributed by atoms with Crippen molar-refractivity contribution < 1.29 is 14.2 Å². The van der Waals surface area contributed by atoms with Gasteiger partial charge in [-0.1, -0.05) is 17.3 Å². The largest absolute Gasteiger partial charge is 0.363 e. The van der Waals surface area contributed by atoms with Crippen LogP contribution in [0.5, 0.6) is 0 Å². The number of benzene rings is 1. The number of nitrogens with zero attached hydrogens (tertiary/aromatic N) is 3. The third-order valence-corrected chi connectivity index (χ3v) is 2.67. The van der Waals surface area contributed by atoms with Crippen molar-refractivity contribution in [2.45, 2.75) is 13.8 Å². The second kappa shape index (κ2) is 8.89. The zero-order chi connectivity index (χ0) is 17.2. The minimum atomic E-state index is -0.742. The highest BCUT2D eigenvalue weighted by Gasteiger charge is 2.06. The maximum atomic E-state index is 13.5. The van der Waals surface area contributed by atoms with Gasteiger partial charge in [-0.25, -0.2) is 4.39 Å². The van der Waals surface area contributed by atoms with Gasteiger partial charge >= 0.3 is 0 Å². The number of hydrogen-bond donors (Lipinski definition) is 0. The van der Waals surface area contributed by atoms with E-state index in [-0.39, 0.29) is 11.3 Å². The summed E-state index contributed by atoms with van der Waals surface area (Å²) in [5, 5.41) is 23.1. The van der Waals surface area contributed by atoms with E-state index < -0.39 is 10.8 Å². The lowest BCUT2D eigenvalue weighted by atomic mass is 10.1. The molecule has 0 saturated carbocycles. The second-order valence-electron chi connectivity index (χ2n) is 4.27. The topological polar surface area (TPSA) is 88.5 Å². The van der Waals surface area contributed by atoms with Crippen LogP contribution in [-0.2, 0) is 4.84 Å². The number of allylic oxidation sites excluding steroid dienone is 5. The average molecular weight is 315 g/mol. The van der Waals surface area contributed by atoms with Gasteiger partial charge in [0, 0.05) is 12.1 Å². The van der Waals surface area contributed by atoms with Crippen molar-refractivity contribution >= 4 is 11.4 Å². The first kappa shape index (κ1) is 17.8. The van der Waals surface area contributed by atoms with Crippen molar-refractivity contribution in [2.75, 3.05) is 0 Å². The van der Waals surface area contributed by atoms with Crippen LogP contribution in [0.25, 0.3) is 0 Å². The number of halogens is 1. The maximum absolute atomic E-state index is 13.5. The Labute approximate surface area is 132 Å². The van der Waals surface area contributed by atoms with Crippen LogP contribution in [0.15, 0.2) is 65.3 Å². The number of non-ortho nitro benzene ring substituents is 1. The van der Waals surface area contributed by atoms with Crippen LogP contribution >= 0.6 is 0 Å². The minimum absolute atomic E-state index is 0.0367. The lowest BCUT2D eigenvalue weighted by Crippen LogP contribution is -1.96. The second-order valence-corrected chi connectivity index (χ2v) is 4.27. The molecule has 0 aliphatic rings. The Morgan fingerprint density at radius 2 is 2.09 bits per heavy atom. The lowest BCUT2D eigenvalue weighted by molar-refractivity contribution is -0.384. The Kier molecular flexibility index (Phi) is 6.88. The summed E-state index contributed by atoms with van der Waals surface area (Å²) in [7, 11) is 0. The predicted octanol–water partition coefficient (Wildman–Crippen LogP) is 4.17. The quantitative estimate of drug-likeness (QED) is 0.197. The van der Waals surface area contributed by atoms with Crippen molar-refractivity contribution in [3.05, 3.63) is 75.8 Å². The molecule has 0 heterocycles. The van der Waals surface area contributed by atoms with Crippen LogP contribution in [0.3, 0.4) is 0 Å². The standard InChI is InChI=1S/C16H14FN3O3/c1-3-4-5-16(17)14(10-18)11-23-19-12(2)13-6-8-15(9-7-13)20(21)22/h3-9,11H,1-2H3/b4-3-,14-11+,16-5+,19-12-. The van der Waals surface area contributed by atoms with Gasteiger partial charge in [-0.3, -0.25) is 10.1 Å². The molecule has 0 aliphatic heterocycles. The minimum Gasteiger partial charge on any atom is -0.363 e. The van der Waals surface area contributed by atoms with Crippen LogP contribution in [0.1, 0.15) is 19.4 Å². The molecule has 6 nitrogen and oxygen atoms in total. The number of hydrogen-bond acceptors (Lipinski definition) is 5. The van der Waals surface area contributed by atoms with Crippen molar-refractivity contribution in [1.29, 1.82) is 5.26 Å². The zero-order valence-electron chi connectivity index (χ0n) is 12.6. The molecule has 0 saturated heterocycles. The third kappa shape index (κ3) is 5.55. The molecule has 0 aliphatic carbocycles. The molecule has 118 valence electrons. The Morgan fingerprint density at radius 1 is 1.43 bits per heavy atom. The maximum Gasteiger partial charge on any atom is 0.269 e. The van der Waals surface area contributed by atoms with E-state index in [1.165, 1.54) is 30.3 Å². The molecule has 0 aromatic heterocycles. The van der Waals surface area contributed by atoms with Crippen LogP contribution in [0.4, 0.5) is 10.1 Å². The monoisotopic (exact) mass is 315 g/mol. The van der Waals surface area contributed by atoms with Crippen LogP contribution in [0.2, 0.25) is 0 Å². The normalized spacial score (nSPS) is 13.0. The Hall–Kier alpha value is -3.27. The summed E-state index contributed by atoms with van der Waals surface area (Å²) in [5.74, 6) is -0.742. The molecule has 0 unspecified atom stereocenters. The first-order chi connectivity index (χ1) is 11.0. The van der Waals surface area contributed by atoms with E-state index in [0.717, 1.165) is 12.3 Å². The molecular weight excluding hydrogens is 301 g/mol. The van der Waals surface area contributed by atoms with Crippen LogP contribution < -0.4 is 0 Å². The molecule has 0 amide bonds. The smallest absolute Gasteiger partial charge is 0.269 e. The van der Waals surface area contributed by atoms with Gasteiger partial charge in [-0.15, -0.1) is 0 Å². The first-order valence-electron chi connectivity index (χ1n) is 6.54. The lowest BCUT2D eigenvalue weighted by Gasteiger charge is -2.00. The van der Waals surface area contributed by atoms with Crippen molar-refractivity contribution in [1.82, 2.24) is 0 Å². The zero-order valence-corrected chi connectivity index (χ0v) is 12.6. The average Bonchev–Trinajstić information content (AvgIpc) is 2.56. The number of oxime groups is 1. The highest BCUT2D eigenvalue weighted by Crippen LogP contribution is 2.14. The van der Waals surface area contributed by atoms with E-state index in [1.54, 1.807) is 26.0 Å². The molecule has 0 radical (unpaired) electrons. The first-order valence-corrected chi connectivity index (χ1v) is 6.54. The molecule has 0 atom stereocenters. The summed E-state index contributed by atoms with van der Waals surface area (Å²) in [5.41, 5.74) is 0.687. The molecule has 7 heteroatoms. The van der Waals surface area contributed by atoms with Gasteiger partial charge in [0.2, 0.25) is 0 Å². The fourth-order valence-corrected chi connectivity index (χ4v) is 1.44. The molecule has 23 heavy (non-hydrogen) atoms. The summed E-state index contributed by atoms with van der Waals surface area (Å²) >= 11 is 0. The van der Waals surface area contributed by atoms with Gasteiger partial charge in [0.05, 0.1) is 10.6 Å². The van der Waals surface area contributed by atoms with Gasteiger partial charge < -0.3 is 4.84 Å². The summed E-state index contributed by atoms with van der Waals surface area (Å²) in [6, 6.07) is 7.37. The summed E-state index contributed by atoms with van der Waals surface area (Å²) < 4.78 is 13.5. The molecule has 0 spiro atoms. The summed E-state index contributed by atoms with van der Waals surface area (Å²) in [6.07, 6.45) is 5.09. The predicted molar refractivity (Wildman–Crippen MR) is 84.1 cm³/mol. The van der Waals surface area contributed by atoms with Crippen molar-refractivity contribution in [2.24, 2.45) is 5.16 Å². The van der Waals surface area contributed by atoms with E-state index in [0.29, 0.717) is 11.3 Å². The highest BCUT2D eigenvalue weighted by molar-refractivity contribution is 5.98. The van der Waals surface area contributed by atoms with E-state index in [9.17, 15) is 14.5 Å².